The van der Waals surface area contributed by atoms with Gasteiger partial charge in [-0.1, -0.05) is 6.07 Å². The van der Waals surface area contributed by atoms with E-state index in [9.17, 15) is 9.59 Å². The summed E-state index contributed by atoms with van der Waals surface area (Å²) in [6, 6.07) is 9.80. The van der Waals surface area contributed by atoms with E-state index in [0.29, 0.717) is 17.8 Å². The third kappa shape index (κ3) is 3.82. The molecule has 0 fully saturated rings. The lowest BCUT2D eigenvalue weighted by Crippen LogP contribution is -2.22. The molecular formula is C13H13N3O2S. The molecule has 5 nitrogen and oxygen atoms in total. The molecule has 0 saturated heterocycles. The van der Waals surface area contributed by atoms with Gasteiger partial charge in [-0.2, -0.15) is 0 Å². The molecule has 98 valence electrons. The fraction of sp³-hybridized carbons (Fsp3) is 0.0769. The third-order valence-corrected chi connectivity index (χ3v) is 3.29. The Morgan fingerprint density at radius 2 is 1.89 bits per heavy atom. The maximum atomic E-state index is 11.9. The van der Waals surface area contributed by atoms with Gasteiger partial charge in [-0.25, -0.2) is 4.79 Å². The minimum absolute atomic E-state index is 0.154. The van der Waals surface area contributed by atoms with Crippen molar-refractivity contribution in [2.75, 3.05) is 5.32 Å². The van der Waals surface area contributed by atoms with Crippen LogP contribution in [0, 0.1) is 0 Å². The van der Waals surface area contributed by atoms with Crippen molar-refractivity contribution in [3.8, 4) is 0 Å². The van der Waals surface area contributed by atoms with E-state index in [1.54, 1.807) is 35.6 Å². The maximum absolute atomic E-state index is 11.9. The molecule has 6 heteroatoms. The monoisotopic (exact) mass is 275 g/mol. The van der Waals surface area contributed by atoms with Crippen LogP contribution in [0.3, 0.4) is 0 Å². The first-order valence-electron chi connectivity index (χ1n) is 5.62. The summed E-state index contributed by atoms with van der Waals surface area (Å²) < 4.78 is 0. The van der Waals surface area contributed by atoms with E-state index in [1.807, 2.05) is 17.5 Å². The molecule has 1 aromatic heterocycles. The molecule has 0 spiro atoms. The molecule has 4 N–H and O–H groups in total. The fourth-order valence-electron chi connectivity index (χ4n) is 1.53. The van der Waals surface area contributed by atoms with E-state index >= 15 is 0 Å². The van der Waals surface area contributed by atoms with Crippen molar-refractivity contribution in [2.24, 2.45) is 5.73 Å². The molecule has 2 rings (SSSR count). The van der Waals surface area contributed by atoms with E-state index in [-0.39, 0.29) is 5.91 Å². The number of hydrogen-bond donors (Lipinski definition) is 3. The summed E-state index contributed by atoms with van der Waals surface area (Å²) in [6.07, 6.45) is 0. The molecule has 0 aliphatic heterocycles. The van der Waals surface area contributed by atoms with Crippen LogP contribution in [0.4, 0.5) is 10.5 Å². The smallest absolute Gasteiger partial charge is 0.316 e. The zero-order chi connectivity index (χ0) is 13.7. The molecule has 3 amide bonds. The van der Waals surface area contributed by atoms with Crippen molar-refractivity contribution in [3.63, 3.8) is 0 Å². The van der Waals surface area contributed by atoms with Crippen LogP contribution in [0.1, 0.15) is 15.2 Å². The van der Waals surface area contributed by atoms with Gasteiger partial charge in [0, 0.05) is 16.1 Å². The van der Waals surface area contributed by atoms with E-state index in [4.69, 9.17) is 5.73 Å². The quantitative estimate of drug-likeness (QED) is 0.799. The number of rotatable bonds is 4. The van der Waals surface area contributed by atoms with Gasteiger partial charge in [-0.15, -0.1) is 11.3 Å². The molecule has 19 heavy (non-hydrogen) atoms. The summed E-state index contributed by atoms with van der Waals surface area (Å²) in [7, 11) is 0. The second-order valence-corrected chi connectivity index (χ2v) is 4.86. The maximum Gasteiger partial charge on any atom is 0.316 e. The molecule has 1 heterocycles. The van der Waals surface area contributed by atoms with Crippen molar-refractivity contribution in [3.05, 3.63) is 52.2 Å². The van der Waals surface area contributed by atoms with Crippen molar-refractivity contribution >= 4 is 29.0 Å². The molecule has 0 aliphatic carbocycles. The van der Waals surface area contributed by atoms with Crippen molar-refractivity contribution in [2.45, 2.75) is 6.54 Å². The first-order chi connectivity index (χ1) is 9.15. The average Bonchev–Trinajstić information content (AvgIpc) is 2.89. The van der Waals surface area contributed by atoms with Crippen LogP contribution in [0.15, 0.2) is 41.8 Å². The van der Waals surface area contributed by atoms with Gasteiger partial charge >= 0.3 is 6.03 Å². The highest BCUT2D eigenvalue weighted by Crippen LogP contribution is 2.11. The van der Waals surface area contributed by atoms with Crippen LogP contribution < -0.4 is 16.4 Å². The molecule has 0 saturated carbocycles. The summed E-state index contributed by atoms with van der Waals surface area (Å²) in [5.74, 6) is -0.154. The summed E-state index contributed by atoms with van der Waals surface area (Å²) in [5, 5.41) is 7.22. The molecule has 0 atom stereocenters. The van der Waals surface area contributed by atoms with Crippen molar-refractivity contribution < 1.29 is 9.59 Å². The van der Waals surface area contributed by atoms with Crippen molar-refractivity contribution in [1.29, 1.82) is 0 Å². The van der Waals surface area contributed by atoms with Crippen LogP contribution in [-0.4, -0.2) is 11.9 Å². The number of benzene rings is 1. The molecule has 2 aromatic rings. The number of carbonyl (C=O) groups is 2. The average molecular weight is 275 g/mol. The van der Waals surface area contributed by atoms with Crippen molar-refractivity contribution in [1.82, 2.24) is 5.32 Å². The first-order valence-corrected chi connectivity index (χ1v) is 6.50. The zero-order valence-corrected chi connectivity index (χ0v) is 10.9. The van der Waals surface area contributed by atoms with Gasteiger partial charge in [0.15, 0.2) is 0 Å². The lowest BCUT2D eigenvalue weighted by Gasteiger charge is -2.05. The van der Waals surface area contributed by atoms with Gasteiger partial charge in [0.2, 0.25) is 0 Å². The number of nitrogens with two attached hydrogens (primary N) is 1. The molecule has 0 unspecified atom stereocenters. The number of anilines is 1. The largest absolute Gasteiger partial charge is 0.351 e. The van der Waals surface area contributed by atoms with Crippen LogP contribution in [0.2, 0.25) is 0 Å². The molecule has 0 radical (unpaired) electrons. The topological polar surface area (TPSA) is 84.2 Å². The van der Waals surface area contributed by atoms with E-state index in [2.05, 4.69) is 10.6 Å². The normalized spacial score (nSPS) is 9.89. The molecular weight excluding hydrogens is 262 g/mol. The Balaban J connectivity index is 1.93. The van der Waals surface area contributed by atoms with Crippen LogP contribution in [-0.2, 0) is 6.54 Å². The number of urea groups is 1. The predicted molar refractivity (Wildman–Crippen MR) is 75.1 cm³/mol. The lowest BCUT2D eigenvalue weighted by molar-refractivity contribution is 0.0951. The van der Waals surface area contributed by atoms with Gasteiger partial charge in [-0.05, 0) is 35.7 Å². The fourth-order valence-corrected chi connectivity index (χ4v) is 2.17. The summed E-state index contributed by atoms with van der Waals surface area (Å²) in [6.45, 7) is 0.512. The highest BCUT2D eigenvalue weighted by Gasteiger charge is 2.05. The van der Waals surface area contributed by atoms with Crippen LogP contribution in [0.5, 0.6) is 0 Å². The van der Waals surface area contributed by atoms with E-state index in [0.717, 1.165) is 4.88 Å². The molecule has 0 bridgehead atoms. The van der Waals surface area contributed by atoms with Gasteiger partial charge in [0.05, 0.1) is 6.54 Å². The number of hydrogen-bond acceptors (Lipinski definition) is 3. The lowest BCUT2D eigenvalue weighted by atomic mass is 10.2. The van der Waals surface area contributed by atoms with E-state index < -0.39 is 6.03 Å². The van der Waals surface area contributed by atoms with Gasteiger partial charge < -0.3 is 16.4 Å². The summed E-state index contributed by atoms with van der Waals surface area (Å²) in [5.41, 5.74) is 6.09. The Kier molecular flexibility index (Phi) is 4.15. The minimum Gasteiger partial charge on any atom is -0.351 e. The highest BCUT2D eigenvalue weighted by atomic mass is 32.1. The molecule has 0 aliphatic rings. The summed E-state index contributed by atoms with van der Waals surface area (Å²) in [4.78, 5) is 23.6. The second kappa shape index (κ2) is 6.01. The second-order valence-electron chi connectivity index (χ2n) is 3.83. The predicted octanol–water partition coefficient (Wildman–Crippen LogP) is 2.17. The minimum atomic E-state index is -0.630. The zero-order valence-electron chi connectivity index (χ0n) is 10.1. The van der Waals surface area contributed by atoms with E-state index in [1.165, 1.54) is 0 Å². The van der Waals surface area contributed by atoms with Gasteiger partial charge in [-0.3, -0.25) is 4.79 Å². The number of carbonyl (C=O) groups excluding carboxylic acids is 2. The Morgan fingerprint density at radius 1 is 1.16 bits per heavy atom. The van der Waals surface area contributed by atoms with Crippen LogP contribution in [0.25, 0.3) is 0 Å². The molecule has 1 aromatic carbocycles. The van der Waals surface area contributed by atoms with Gasteiger partial charge in [0.1, 0.15) is 0 Å². The third-order valence-electron chi connectivity index (χ3n) is 2.42. The Bertz CT molecular complexity index is 564. The standard InChI is InChI=1S/C13H13N3O2S/c14-13(18)16-10-5-3-9(4-6-10)12(17)15-8-11-2-1-7-19-11/h1-7H,8H2,(H,15,17)(H3,14,16,18). The SMILES string of the molecule is NC(=O)Nc1ccc(C(=O)NCc2cccs2)cc1. The van der Waals surface area contributed by atoms with Crippen LogP contribution >= 0.6 is 11.3 Å². The number of nitrogens with one attached hydrogen (secondary N) is 2. The Morgan fingerprint density at radius 3 is 2.47 bits per heavy atom. The summed E-state index contributed by atoms with van der Waals surface area (Å²) >= 11 is 1.59. The van der Waals surface area contributed by atoms with Gasteiger partial charge in [0.25, 0.3) is 5.91 Å². The first kappa shape index (κ1) is 13.1. The number of thiophene rings is 1. The number of primary amides is 1. The number of amides is 3. The highest BCUT2D eigenvalue weighted by molar-refractivity contribution is 7.09. The Hall–Kier alpha value is -2.34. The Labute approximate surface area is 114 Å².